The van der Waals surface area contributed by atoms with E-state index in [1.165, 1.54) is 0 Å². The highest BCUT2D eigenvalue weighted by Crippen LogP contribution is 2.37. The summed E-state index contributed by atoms with van der Waals surface area (Å²) >= 11 is 0. The minimum atomic E-state index is -0.531. The number of furan rings is 1. The van der Waals surface area contributed by atoms with Crippen molar-refractivity contribution >= 4 is 28.4 Å². The van der Waals surface area contributed by atoms with Crippen LogP contribution in [0.15, 0.2) is 108 Å². The zero-order chi connectivity index (χ0) is 28.8. The van der Waals surface area contributed by atoms with Gasteiger partial charge in [0.1, 0.15) is 23.5 Å². The van der Waals surface area contributed by atoms with E-state index in [2.05, 4.69) is 19.9 Å². The smallest absolute Gasteiger partial charge is 0.254 e. The van der Waals surface area contributed by atoms with Gasteiger partial charge in [-0.1, -0.05) is 86.6 Å². The van der Waals surface area contributed by atoms with Gasteiger partial charge >= 0.3 is 0 Å². The summed E-state index contributed by atoms with van der Waals surface area (Å²) in [7, 11) is 0. The largest absolute Gasteiger partial charge is 0.489 e. The molecule has 1 heterocycles. The normalized spacial score (nSPS) is 11.8. The number of fused-ring (bicyclic) bond motifs is 1. The van der Waals surface area contributed by atoms with Crippen LogP contribution in [0.5, 0.6) is 5.75 Å². The van der Waals surface area contributed by atoms with Crippen molar-refractivity contribution in [2.45, 2.75) is 32.8 Å². The molecule has 1 aromatic heterocycles. The number of rotatable bonds is 11. The van der Waals surface area contributed by atoms with Crippen LogP contribution in [0, 0.1) is 17.2 Å². The summed E-state index contributed by atoms with van der Waals surface area (Å²) in [5.74, 6) is 0.672. The number of carbonyl (C=O) groups excluding carboxylic acids is 1. The minimum Gasteiger partial charge on any atom is -0.489 e. The molecule has 0 fully saturated rings. The first-order valence-corrected chi connectivity index (χ1v) is 13.8. The predicted molar refractivity (Wildman–Crippen MR) is 162 cm³/mol. The van der Waals surface area contributed by atoms with Crippen LogP contribution in [-0.2, 0) is 13.0 Å². The molecule has 6 nitrogen and oxygen atoms in total. The highest BCUT2D eigenvalue weighted by molar-refractivity contribution is 6.10. The summed E-state index contributed by atoms with van der Waals surface area (Å²) < 4.78 is 12.1. The molecular formula is C35H33N3O3. The fraction of sp³-hybridized carbons (Fsp3) is 0.200. The Morgan fingerprint density at radius 3 is 2.24 bits per heavy atom. The lowest BCUT2D eigenvalue weighted by molar-refractivity contribution is 0.100. The Morgan fingerprint density at radius 2 is 1.59 bits per heavy atom. The van der Waals surface area contributed by atoms with Gasteiger partial charge in [-0.3, -0.25) is 4.79 Å². The van der Waals surface area contributed by atoms with Gasteiger partial charge in [0, 0.05) is 17.6 Å². The number of primary amides is 1. The van der Waals surface area contributed by atoms with E-state index in [0.29, 0.717) is 42.0 Å². The molecule has 0 spiro atoms. The van der Waals surface area contributed by atoms with Crippen molar-refractivity contribution < 1.29 is 13.9 Å². The van der Waals surface area contributed by atoms with E-state index in [9.17, 15) is 10.1 Å². The monoisotopic (exact) mass is 543 g/mol. The second kappa shape index (κ2) is 12.4. The highest BCUT2D eigenvalue weighted by atomic mass is 16.5. The summed E-state index contributed by atoms with van der Waals surface area (Å²) in [6, 6.07) is 35.7. The number of hydrogen-bond donors (Lipinski definition) is 1. The van der Waals surface area contributed by atoms with E-state index >= 15 is 0 Å². The van der Waals surface area contributed by atoms with Crippen molar-refractivity contribution in [3.8, 4) is 11.8 Å². The first-order chi connectivity index (χ1) is 19.9. The lowest BCUT2D eigenvalue weighted by Crippen LogP contribution is -2.25. The summed E-state index contributed by atoms with van der Waals surface area (Å²) in [5, 5.41) is 10.7. The van der Waals surface area contributed by atoms with Crippen LogP contribution in [0.25, 0.3) is 11.0 Å². The Balaban J connectivity index is 1.33. The molecule has 5 rings (SSSR count). The van der Waals surface area contributed by atoms with E-state index in [-0.39, 0.29) is 11.8 Å². The Labute approximate surface area is 240 Å². The number of amides is 1. The standard InChI is InChI=1S/C35H33N3O3/c1-24(2)22-38(35-33(34(37)39)31-10-6-7-11-32(31)41-35)29-16-14-27(15-17-29)28(21-36)20-25-12-18-30(19-13-25)40-23-26-8-4-3-5-9-26/h3-19,24,28H,20,22-23H2,1-2H3,(H2,37,39). The van der Waals surface area contributed by atoms with Crippen LogP contribution in [0.4, 0.5) is 11.6 Å². The molecule has 206 valence electrons. The quantitative estimate of drug-likeness (QED) is 0.184. The summed E-state index contributed by atoms with van der Waals surface area (Å²) in [4.78, 5) is 14.5. The zero-order valence-corrected chi connectivity index (χ0v) is 23.3. The van der Waals surface area contributed by atoms with Crippen LogP contribution in [0.1, 0.15) is 46.8 Å². The predicted octanol–water partition coefficient (Wildman–Crippen LogP) is 7.75. The van der Waals surface area contributed by atoms with Gasteiger partial charge in [-0.15, -0.1) is 0 Å². The molecule has 1 unspecified atom stereocenters. The molecule has 0 bridgehead atoms. The fourth-order valence-electron chi connectivity index (χ4n) is 4.95. The lowest BCUT2D eigenvalue weighted by atomic mass is 9.93. The number of hydrogen-bond acceptors (Lipinski definition) is 5. The van der Waals surface area contributed by atoms with Crippen LogP contribution in [0.2, 0.25) is 0 Å². The van der Waals surface area contributed by atoms with Gasteiger partial charge in [-0.2, -0.15) is 5.26 Å². The van der Waals surface area contributed by atoms with Crippen molar-refractivity contribution in [3.05, 3.63) is 125 Å². The minimum absolute atomic E-state index is 0.287. The van der Waals surface area contributed by atoms with Crippen molar-refractivity contribution in [2.24, 2.45) is 11.7 Å². The molecule has 6 heteroatoms. The third-order valence-corrected chi connectivity index (χ3v) is 6.99. The van der Waals surface area contributed by atoms with Gasteiger partial charge in [-0.25, -0.2) is 0 Å². The number of ether oxygens (including phenoxy) is 1. The SMILES string of the molecule is CC(C)CN(c1ccc(C(C#N)Cc2ccc(OCc3ccccc3)cc2)cc1)c1oc2ccccc2c1C(N)=O. The van der Waals surface area contributed by atoms with Crippen LogP contribution >= 0.6 is 0 Å². The van der Waals surface area contributed by atoms with Gasteiger partial charge in [0.15, 0.2) is 0 Å². The van der Waals surface area contributed by atoms with Crippen LogP contribution in [0.3, 0.4) is 0 Å². The number of carbonyl (C=O) groups is 1. The second-order valence-corrected chi connectivity index (χ2v) is 10.5. The average molecular weight is 544 g/mol. The number of nitrogens with two attached hydrogens (primary N) is 1. The third-order valence-electron chi connectivity index (χ3n) is 6.99. The Kier molecular flexibility index (Phi) is 8.36. The maximum atomic E-state index is 12.5. The van der Waals surface area contributed by atoms with Crippen molar-refractivity contribution in [3.63, 3.8) is 0 Å². The van der Waals surface area contributed by atoms with Gasteiger partial charge in [0.05, 0.1) is 12.0 Å². The average Bonchev–Trinajstić information content (AvgIpc) is 3.38. The number of para-hydroxylation sites is 1. The lowest BCUT2D eigenvalue weighted by Gasteiger charge is -2.25. The molecule has 0 aliphatic heterocycles. The molecule has 41 heavy (non-hydrogen) atoms. The highest BCUT2D eigenvalue weighted by Gasteiger charge is 2.25. The molecule has 2 N–H and O–H groups in total. The van der Waals surface area contributed by atoms with Crippen molar-refractivity contribution in [1.29, 1.82) is 5.26 Å². The van der Waals surface area contributed by atoms with E-state index in [1.54, 1.807) is 0 Å². The first-order valence-electron chi connectivity index (χ1n) is 13.8. The molecular weight excluding hydrogens is 510 g/mol. The summed E-state index contributed by atoms with van der Waals surface area (Å²) in [6.07, 6.45) is 0.583. The Hall–Kier alpha value is -5.02. The van der Waals surface area contributed by atoms with Gasteiger partial charge in [0.25, 0.3) is 5.91 Å². The first kappa shape index (κ1) is 27.5. The van der Waals surface area contributed by atoms with Gasteiger partial charge < -0.3 is 19.8 Å². The maximum absolute atomic E-state index is 12.5. The zero-order valence-electron chi connectivity index (χ0n) is 23.3. The Morgan fingerprint density at radius 1 is 0.902 bits per heavy atom. The summed E-state index contributed by atoms with van der Waals surface area (Å²) in [6.45, 7) is 5.35. The molecule has 1 amide bonds. The second-order valence-electron chi connectivity index (χ2n) is 10.5. The molecule has 4 aromatic carbocycles. The van der Waals surface area contributed by atoms with Crippen molar-refractivity contribution in [1.82, 2.24) is 0 Å². The third kappa shape index (κ3) is 6.42. The fourth-order valence-corrected chi connectivity index (χ4v) is 4.95. The molecule has 0 radical (unpaired) electrons. The van der Waals surface area contributed by atoms with Crippen LogP contribution < -0.4 is 15.4 Å². The van der Waals surface area contributed by atoms with Gasteiger partial charge in [-0.05, 0) is 59.4 Å². The Bertz CT molecular complexity index is 1650. The molecule has 0 saturated carbocycles. The number of nitriles is 1. The molecule has 0 aliphatic carbocycles. The molecule has 1 atom stereocenters. The number of nitrogens with zero attached hydrogens (tertiary/aromatic N) is 2. The number of benzene rings is 4. The maximum Gasteiger partial charge on any atom is 0.254 e. The van der Waals surface area contributed by atoms with E-state index in [0.717, 1.165) is 28.1 Å². The van der Waals surface area contributed by atoms with E-state index < -0.39 is 5.91 Å². The summed E-state index contributed by atoms with van der Waals surface area (Å²) in [5.41, 5.74) is 10.7. The molecule has 5 aromatic rings. The van der Waals surface area contributed by atoms with E-state index in [1.807, 2.05) is 108 Å². The topological polar surface area (TPSA) is 92.5 Å². The van der Waals surface area contributed by atoms with Crippen LogP contribution in [-0.4, -0.2) is 12.5 Å². The number of anilines is 2. The molecule has 0 aliphatic rings. The molecule has 0 saturated heterocycles. The van der Waals surface area contributed by atoms with E-state index in [4.69, 9.17) is 14.9 Å². The van der Waals surface area contributed by atoms with Gasteiger partial charge in [0.2, 0.25) is 5.88 Å². The van der Waals surface area contributed by atoms with Crippen molar-refractivity contribution in [2.75, 3.05) is 11.4 Å².